The molecule has 1 fully saturated rings. The van der Waals surface area contributed by atoms with E-state index in [9.17, 15) is 0 Å². The molecular formula is C11H25N3. The van der Waals surface area contributed by atoms with Gasteiger partial charge in [0.1, 0.15) is 0 Å². The number of nitrogens with zero attached hydrogens (tertiary/aromatic N) is 1. The third-order valence-electron chi connectivity index (χ3n) is 3.03. The summed E-state index contributed by atoms with van der Waals surface area (Å²) in [6, 6.07) is 0.863. The lowest BCUT2D eigenvalue weighted by molar-refractivity contribution is 0.185. The van der Waals surface area contributed by atoms with Crippen molar-refractivity contribution in [1.82, 2.24) is 10.2 Å². The summed E-state index contributed by atoms with van der Waals surface area (Å²) in [6.45, 7) is 7.69. The summed E-state index contributed by atoms with van der Waals surface area (Å²) in [7, 11) is 2.19. The van der Waals surface area contributed by atoms with Gasteiger partial charge in [0.25, 0.3) is 0 Å². The van der Waals surface area contributed by atoms with Gasteiger partial charge in [-0.05, 0) is 32.4 Å². The van der Waals surface area contributed by atoms with Crippen LogP contribution in [-0.4, -0.2) is 43.7 Å². The van der Waals surface area contributed by atoms with Gasteiger partial charge >= 0.3 is 0 Å². The highest BCUT2D eigenvalue weighted by Gasteiger charge is 2.22. The molecule has 14 heavy (non-hydrogen) atoms. The maximum Gasteiger partial charge on any atom is 0.0206 e. The van der Waals surface area contributed by atoms with Crippen molar-refractivity contribution in [2.75, 3.05) is 26.7 Å². The van der Waals surface area contributed by atoms with Gasteiger partial charge in [-0.2, -0.15) is 0 Å². The van der Waals surface area contributed by atoms with Crippen molar-refractivity contribution in [3.63, 3.8) is 0 Å². The summed E-state index contributed by atoms with van der Waals surface area (Å²) < 4.78 is 0. The maximum atomic E-state index is 6.17. The van der Waals surface area contributed by atoms with Crippen molar-refractivity contribution in [1.29, 1.82) is 0 Å². The Bertz CT molecular complexity index is 159. The van der Waals surface area contributed by atoms with E-state index in [1.54, 1.807) is 0 Å². The molecule has 1 aliphatic rings. The van der Waals surface area contributed by atoms with E-state index in [0.29, 0.717) is 18.0 Å². The Morgan fingerprint density at radius 1 is 1.50 bits per heavy atom. The maximum absolute atomic E-state index is 6.17. The van der Waals surface area contributed by atoms with Crippen molar-refractivity contribution in [3.05, 3.63) is 0 Å². The van der Waals surface area contributed by atoms with Crippen LogP contribution in [0.25, 0.3) is 0 Å². The van der Waals surface area contributed by atoms with Crippen molar-refractivity contribution >= 4 is 0 Å². The fraction of sp³-hybridized carbons (Fsp3) is 1.00. The first-order valence-corrected chi connectivity index (χ1v) is 5.77. The van der Waals surface area contributed by atoms with Crippen LogP contribution in [0.5, 0.6) is 0 Å². The summed E-state index contributed by atoms with van der Waals surface area (Å²) in [5.74, 6) is 0.681. The normalized spacial score (nSPS) is 26.8. The van der Waals surface area contributed by atoms with Crippen molar-refractivity contribution in [2.24, 2.45) is 11.7 Å². The molecular weight excluding hydrogens is 174 g/mol. The van der Waals surface area contributed by atoms with E-state index >= 15 is 0 Å². The molecule has 0 radical (unpaired) electrons. The molecule has 0 amide bonds. The average molecular weight is 199 g/mol. The molecule has 3 N–H and O–H groups in total. The molecule has 1 rings (SSSR count). The van der Waals surface area contributed by atoms with E-state index in [2.05, 4.69) is 31.1 Å². The number of hydrogen-bond acceptors (Lipinski definition) is 3. The van der Waals surface area contributed by atoms with Gasteiger partial charge in [0.05, 0.1) is 0 Å². The van der Waals surface area contributed by atoms with Crippen LogP contribution < -0.4 is 11.1 Å². The predicted octanol–water partition coefficient (Wildman–Crippen LogP) is 0.654. The monoisotopic (exact) mass is 199 g/mol. The Morgan fingerprint density at radius 2 is 2.21 bits per heavy atom. The second kappa shape index (κ2) is 5.69. The lowest BCUT2D eigenvalue weighted by Crippen LogP contribution is -2.47. The van der Waals surface area contributed by atoms with Crippen LogP contribution in [0, 0.1) is 5.92 Å². The largest absolute Gasteiger partial charge is 0.326 e. The highest BCUT2D eigenvalue weighted by Crippen LogP contribution is 2.17. The van der Waals surface area contributed by atoms with E-state index in [0.717, 1.165) is 6.54 Å². The van der Waals surface area contributed by atoms with Gasteiger partial charge in [0, 0.05) is 25.2 Å². The van der Waals surface area contributed by atoms with E-state index in [1.165, 1.54) is 25.9 Å². The van der Waals surface area contributed by atoms with Gasteiger partial charge < -0.3 is 16.0 Å². The highest BCUT2D eigenvalue weighted by atomic mass is 15.1. The predicted molar refractivity (Wildman–Crippen MR) is 61.3 cm³/mol. The smallest absolute Gasteiger partial charge is 0.0206 e. The standard InChI is InChI=1S/C11H25N3/c1-9(2)13-7-11(12)10-5-4-6-14(3)8-10/h9-11,13H,4-8,12H2,1-3H3. The second-order valence-electron chi connectivity index (χ2n) is 4.89. The molecule has 0 aliphatic carbocycles. The number of rotatable bonds is 4. The quantitative estimate of drug-likeness (QED) is 0.698. The molecule has 0 bridgehead atoms. The molecule has 3 nitrogen and oxygen atoms in total. The fourth-order valence-corrected chi connectivity index (χ4v) is 2.09. The number of nitrogens with two attached hydrogens (primary N) is 1. The van der Waals surface area contributed by atoms with Crippen LogP contribution in [0.15, 0.2) is 0 Å². The highest BCUT2D eigenvalue weighted by molar-refractivity contribution is 4.81. The van der Waals surface area contributed by atoms with Crippen LogP contribution >= 0.6 is 0 Å². The minimum atomic E-state index is 0.320. The Morgan fingerprint density at radius 3 is 2.79 bits per heavy atom. The minimum Gasteiger partial charge on any atom is -0.326 e. The van der Waals surface area contributed by atoms with Crippen LogP contribution in [0.3, 0.4) is 0 Å². The van der Waals surface area contributed by atoms with Crippen molar-refractivity contribution < 1.29 is 0 Å². The Labute approximate surface area is 88.0 Å². The van der Waals surface area contributed by atoms with Gasteiger partial charge in [-0.3, -0.25) is 0 Å². The second-order valence-corrected chi connectivity index (χ2v) is 4.89. The number of nitrogens with one attached hydrogen (secondary N) is 1. The molecule has 1 saturated heterocycles. The van der Waals surface area contributed by atoms with Gasteiger partial charge in [-0.15, -0.1) is 0 Å². The number of likely N-dealkylation sites (tertiary alicyclic amines) is 1. The molecule has 1 aliphatic heterocycles. The van der Waals surface area contributed by atoms with Gasteiger partial charge in [0.2, 0.25) is 0 Å². The van der Waals surface area contributed by atoms with Gasteiger partial charge in [0.15, 0.2) is 0 Å². The molecule has 2 unspecified atom stereocenters. The SMILES string of the molecule is CC(C)NCC(N)C1CCCN(C)C1. The van der Waals surface area contributed by atoms with E-state index in [-0.39, 0.29) is 0 Å². The van der Waals surface area contributed by atoms with E-state index in [4.69, 9.17) is 5.73 Å². The summed E-state index contributed by atoms with van der Waals surface area (Å²) in [6.07, 6.45) is 2.60. The zero-order valence-corrected chi connectivity index (χ0v) is 9.79. The summed E-state index contributed by atoms with van der Waals surface area (Å²) >= 11 is 0. The first kappa shape index (κ1) is 12.0. The fourth-order valence-electron chi connectivity index (χ4n) is 2.09. The first-order chi connectivity index (χ1) is 6.59. The number of piperidine rings is 1. The topological polar surface area (TPSA) is 41.3 Å². The zero-order valence-electron chi connectivity index (χ0n) is 9.79. The Hall–Kier alpha value is -0.120. The third kappa shape index (κ3) is 3.95. The molecule has 0 aromatic carbocycles. The summed E-state index contributed by atoms with van der Waals surface area (Å²) in [4.78, 5) is 2.39. The molecule has 3 heteroatoms. The van der Waals surface area contributed by atoms with E-state index < -0.39 is 0 Å². The van der Waals surface area contributed by atoms with Gasteiger partial charge in [-0.25, -0.2) is 0 Å². The molecule has 0 aromatic rings. The van der Waals surface area contributed by atoms with Crippen LogP contribution in [0.4, 0.5) is 0 Å². The Balaban J connectivity index is 2.25. The lowest BCUT2D eigenvalue weighted by Gasteiger charge is -2.33. The van der Waals surface area contributed by atoms with Crippen molar-refractivity contribution in [3.8, 4) is 0 Å². The molecule has 0 aromatic heterocycles. The average Bonchev–Trinajstić information content (AvgIpc) is 2.14. The Kier molecular flexibility index (Phi) is 4.85. The van der Waals surface area contributed by atoms with Gasteiger partial charge in [-0.1, -0.05) is 13.8 Å². The number of hydrogen-bond donors (Lipinski definition) is 2. The third-order valence-corrected chi connectivity index (χ3v) is 3.03. The zero-order chi connectivity index (χ0) is 10.6. The molecule has 2 atom stereocenters. The lowest BCUT2D eigenvalue weighted by atomic mass is 9.91. The minimum absolute atomic E-state index is 0.320. The summed E-state index contributed by atoms with van der Waals surface area (Å²) in [5, 5.41) is 3.41. The molecule has 1 heterocycles. The van der Waals surface area contributed by atoms with Crippen molar-refractivity contribution in [2.45, 2.75) is 38.8 Å². The molecule has 0 saturated carbocycles. The summed E-state index contributed by atoms with van der Waals surface area (Å²) in [5.41, 5.74) is 6.17. The van der Waals surface area contributed by atoms with Crippen LogP contribution in [-0.2, 0) is 0 Å². The first-order valence-electron chi connectivity index (χ1n) is 5.77. The molecule has 0 spiro atoms. The van der Waals surface area contributed by atoms with Crippen LogP contribution in [0.1, 0.15) is 26.7 Å². The molecule has 84 valence electrons. The van der Waals surface area contributed by atoms with Crippen LogP contribution in [0.2, 0.25) is 0 Å². The van der Waals surface area contributed by atoms with E-state index in [1.807, 2.05) is 0 Å².